The molecule has 80 valence electrons. The first kappa shape index (κ1) is 11.0. The minimum absolute atomic E-state index is 0.877. The third kappa shape index (κ3) is 2.74. The fraction of sp³-hybridized carbons (Fsp3) is 0.154. The summed E-state index contributed by atoms with van der Waals surface area (Å²) in [6.45, 7) is 0. The molecule has 0 aliphatic rings. The lowest BCUT2D eigenvalue weighted by Crippen LogP contribution is -1.79. The first-order valence-corrected chi connectivity index (χ1v) is 6.17. The molecule has 0 saturated heterocycles. The summed E-state index contributed by atoms with van der Waals surface area (Å²) < 4.78 is 0. The van der Waals surface area contributed by atoms with Crippen LogP contribution in [0.2, 0.25) is 0 Å². The summed E-state index contributed by atoms with van der Waals surface area (Å²) in [6, 6.07) is 10.1. The molecule has 1 aromatic carbocycles. The van der Waals surface area contributed by atoms with Gasteiger partial charge in [0.15, 0.2) is 0 Å². The van der Waals surface area contributed by atoms with Gasteiger partial charge in [0.2, 0.25) is 0 Å². The highest BCUT2D eigenvalue weighted by molar-refractivity contribution is 9.09. The molecule has 2 aromatic rings. The van der Waals surface area contributed by atoms with E-state index in [0.717, 1.165) is 28.6 Å². The highest BCUT2D eigenvalue weighted by Crippen LogP contribution is 2.16. The SMILES string of the molecule is BrCCC#Cc1ccc(-c2ccn[nH]2)cc1. The van der Waals surface area contributed by atoms with Crippen LogP contribution in [0.3, 0.4) is 0 Å². The molecule has 16 heavy (non-hydrogen) atoms. The van der Waals surface area contributed by atoms with Crippen LogP contribution < -0.4 is 0 Å². The Labute approximate surface area is 103 Å². The molecular formula is C13H11BrN2. The average Bonchev–Trinajstić information content (AvgIpc) is 2.84. The third-order valence-corrected chi connectivity index (χ3v) is 2.55. The molecule has 0 atom stereocenters. The maximum Gasteiger partial charge on any atom is 0.0650 e. The van der Waals surface area contributed by atoms with E-state index in [0.29, 0.717) is 0 Å². The van der Waals surface area contributed by atoms with Gasteiger partial charge in [-0.05, 0) is 23.8 Å². The van der Waals surface area contributed by atoms with E-state index in [-0.39, 0.29) is 0 Å². The number of hydrogen-bond acceptors (Lipinski definition) is 1. The quantitative estimate of drug-likeness (QED) is 0.661. The predicted molar refractivity (Wildman–Crippen MR) is 69.3 cm³/mol. The number of benzene rings is 1. The van der Waals surface area contributed by atoms with Crippen molar-refractivity contribution in [3.8, 4) is 23.1 Å². The second kappa shape index (κ2) is 5.53. The molecule has 0 unspecified atom stereocenters. The van der Waals surface area contributed by atoms with Gasteiger partial charge in [0.1, 0.15) is 0 Å². The molecule has 0 aliphatic heterocycles. The minimum Gasteiger partial charge on any atom is -0.278 e. The summed E-state index contributed by atoms with van der Waals surface area (Å²) >= 11 is 3.35. The van der Waals surface area contributed by atoms with Crippen LogP contribution in [0, 0.1) is 11.8 Å². The van der Waals surface area contributed by atoms with E-state index in [1.54, 1.807) is 6.20 Å². The van der Waals surface area contributed by atoms with Crippen molar-refractivity contribution in [2.45, 2.75) is 6.42 Å². The molecule has 0 spiro atoms. The predicted octanol–water partition coefficient (Wildman–Crippen LogP) is 3.21. The van der Waals surface area contributed by atoms with Gasteiger partial charge in [-0.2, -0.15) is 5.10 Å². The molecule has 1 aromatic heterocycles. The maximum atomic E-state index is 3.92. The van der Waals surface area contributed by atoms with Crippen molar-refractivity contribution in [2.75, 3.05) is 5.33 Å². The molecule has 1 heterocycles. The van der Waals surface area contributed by atoms with Crippen molar-refractivity contribution in [1.82, 2.24) is 10.2 Å². The van der Waals surface area contributed by atoms with Crippen LogP contribution in [0.15, 0.2) is 36.5 Å². The Morgan fingerprint density at radius 1 is 1.19 bits per heavy atom. The van der Waals surface area contributed by atoms with Gasteiger partial charge >= 0.3 is 0 Å². The van der Waals surface area contributed by atoms with Crippen molar-refractivity contribution in [1.29, 1.82) is 0 Å². The van der Waals surface area contributed by atoms with Gasteiger partial charge in [0.05, 0.1) is 5.69 Å². The number of aromatic nitrogens is 2. The highest BCUT2D eigenvalue weighted by Gasteiger charge is 1.97. The number of halogens is 1. The van der Waals surface area contributed by atoms with E-state index >= 15 is 0 Å². The summed E-state index contributed by atoms with van der Waals surface area (Å²) in [5, 5.41) is 7.78. The fourth-order valence-corrected chi connectivity index (χ4v) is 1.56. The number of nitrogens with one attached hydrogen (secondary N) is 1. The van der Waals surface area contributed by atoms with Crippen molar-refractivity contribution >= 4 is 15.9 Å². The van der Waals surface area contributed by atoms with Crippen LogP contribution in [0.5, 0.6) is 0 Å². The average molecular weight is 275 g/mol. The maximum absolute atomic E-state index is 3.92. The van der Waals surface area contributed by atoms with E-state index in [1.807, 2.05) is 30.3 Å². The van der Waals surface area contributed by atoms with Crippen molar-refractivity contribution in [2.24, 2.45) is 0 Å². The summed E-state index contributed by atoms with van der Waals surface area (Å²) in [5.74, 6) is 6.20. The second-order valence-corrected chi connectivity index (χ2v) is 4.08. The lowest BCUT2D eigenvalue weighted by Gasteiger charge is -1.96. The third-order valence-electron chi connectivity index (χ3n) is 2.15. The number of rotatable bonds is 2. The Morgan fingerprint density at radius 2 is 2.00 bits per heavy atom. The Hall–Kier alpha value is -1.53. The lowest BCUT2D eigenvalue weighted by molar-refractivity contribution is 1.10. The van der Waals surface area contributed by atoms with E-state index in [4.69, 9.17) is 0 Å². The number of nitrogens with zero attached hydrogens (tertiary/aromatic N) is 1. The second-order valence-electron chi connectivity index (χ2n) is 3.29. The number of H-pyrrole nitrogens is 1. The van der Waals surface area contributed by atoms with Crippen LogP contribution in [0.25, 0.3) is 11.3 Å². The summed E-state index contributed by atoms with van der Waals surface area (Å²) in [6.07, 6.45) is 2.63. The molecule has 0 fully saturated rings. The number of aromatic amines is 1. The smallest absolute Gasteiger partial charge is 0.0650 e. The lowest BCUT2D eigenvalue weighted by atomic mass is 10.1. The first-order chi connectivity index (χ1) is 7.90. The normalized spacial score (nSPS) is 9.56. The van der Waals surface area contributed by atoms with Crippen molar-refractivity contribution < 1.29 is 0 Å². The van der Waals surface area contributed by atoms with Crippen LogP contribution in [-0.4, -0.2) is 15.5 Å². The zero-order valence-electron chi connectivity index (χ0n) is 8.70. The summed E-state index contributed by atoms with van der Waals surface area (Å²) in [4.78, 5) is 0. The van der Waals surface area contributed by atoms with Gasteiger partial charge in [0.25, 0.3) is 0 Å². The zero-order valence-corrected chi connectivity index (χ0v) is 10.3. The standard InChI is InChI=1S/C13H11BrN2/c14-9-2-1-3-11-4-6-12(7-5-11)13-8-10-15-16-13/h4-8,10H,2,9H2,(H,15,16). The van der Waals surface area contributed by atoms with Gasteiger partial charge < -0.3 is 0 Å². The Bertz CT molecular complexity index is 489. The van der Waals surface area contributed by atoms with E-state index < -0.39 is 0 Å². The van der Waals surface area contributed by atoms with Gasteiger partial charge in [0, 0.05) is 23.5 Å². The first-order valence-electron chi connectivity index (χ1n) is 5.05. The Morgan fingerprint density at radius 3 is 2.62 bits per heavy atom. The molecule has 1 N–H and O–H groups in total. The highest BCUT2D eigenvalue weighted by atomic mass is 79.9. The molecule has 0 aliphatic carbocycles. The van der Waals surface area contributed by atoms with Crippen molar-refractivity contribution in [3.63, 3.8) is 0 Å². The molecule has 0 saturated carbocycles. The Balaban J connectivity index is 2.15. The molecule has 3 heteroatoms. The largest absolute Gasteiger partial charge is 0.278 e. The Kier molecular flexibility index (Phi) is 3.79. The van der Waals surface area contributed by atoms with Gasteiger partial charge in [-0.25, -0.2) is 0 Å². The molecule has 0 amide bonds. The topological polar surface area (TPSA) is 28.7 Å². The summed E-state index contributed by atoms with van der Waals surface area (Å²) in [7, 11) is 0. The minimum atomic E-state index is 0.877. The fourth-order valence-electron chi connectivity index (χ4n) is 1.36. The van der Waals surface area contributed by atoms with Crippen LogP contribution in [-0.2, 0) is 0 Å². The van der Waals surface area contributed by atoms with Gasteiger partial charge in [-0.3, -0.25) is 5.10 Å². The van der Waals surface area contributed by atoms with Crippen LogP contribution in [0.4, 0.5) is 0 Å². The van der Waals surface area contributed by atoms with Crippen LogP contribution in [0.1, 0.15) is 12.0 Å². The monoisotopic (exact) mass is 274 g/mol. The molecule has 0 radical (unpaired) electrons. The summed E-state index contributed by atoms with van der Waals surface area (Å²) in [5.41, 5.74) is 3.20. The van der Waals surface area contributed by atoms with E-state index in [2.05, 4.69) is 38.0 Å². The van der Waals surface area contributed by atoms with Gasteiger partial charge in [-0.15, -0.1) is 0 Å². The van der Waals surface area contributed by atoms with Crippen molar-refractivity contribution in [3.05, 3.63) is 42.1 Å². The van der Waals surface area contributed by atoms with Gasteiger partial charge in [-0.1, -0.05) is 39.9 Å². The molecular weight excluding hydrogens is 264 g/mol. The van der Waals surface area contributed by atoms with E-state index in [1.165, 1.54) is 0 Å². The molecule has 2 rings (SSSR count). The zero-order chi connectivity index (χ0) is 11.2. The molecule has 0 bridgehead atoms. The number of hydrogen-bond donors (Lipinski definition) is 1. The number of alkyl halides is 1. The van der Waals surface area contributed by atoms with E-state index in [9.17, 15) is 0 Å². The van der Waals surface area contributed by atoms with Crippen LogP contribution >= 0.6 is 15.9 Å². The molecule has 2 nitrogen and oxygen atoms in total.